The first kappa shape index (κ1) is 16.3. The molecule has 0 aromatic heterocycles. The van der Waals surface area contributed by atoms with Gasteiger partial charge in [0.15, 0.2) is 0 Å². The van der Waals surface area contributed by atoms with E-state index in [0.717, 1.165) is 37.6 Å². The van der Waals surface area contributed by atoms with Crippen molar-refractivity contribution in [1.29, 1.82) is 0 Å². The fourth-order valence-corrected chi connectivity index (χ4v) is 3.23. The Morgan fingerprint density at radius 3 is 2.55 bits per heavy atom. The molecule has 20 heavy (non-hydrogen) atoms. The number of hydrogen-bond donors (Lipinski definition) is 1. The number of nitrogens with one attached hydrogen (secondary N) is 1. The largest absolute Gasteiger partial charge is 0.375 e. The third-order valence-corrected chi connectivity index (χ3v) is 4.89. The summed E-state index contributed by atoms with van der Waals surface area (Å²) < 4.78 is 5.94. The summed E-state index contributed by atoms with van der Waals surface area (Å²) >= 11 is 0. The molecule has 1 saturated heterocycles. The summed E-state index contributed by atoms with van der Waals surface area (Å²) in [4.78, 5) is 2.69. The molecule has 2 aliphatic rings. The van der Waals surface area contributed by atoms with Gasteiger partial charge in [0.2, 0.25) is 0 Å². The van der Waals surface area contributed by atoms with Crippen molar-refractivity contribution >= 4 is 0 Å². The molecule has 2 fully saturated rings. The molecule has 1 N–H and O–H groups in total. The van der Waals surface area contributed by atoms with Crippen LogP contribution in [0.5, 0.6) is 0 Å². The van der Waals surface area contributed by atoms with Crippen LogP contribution in [-0.2, 0) is 4.74 Å². The number of rotatable bonds is 6. The molecule has 3 heteroatoms. The van der Waals surface area contributed by atoms with Crippen molar-refractivity contribution in [2.24, 2.45) is 11.8 Å². The molecule has 1 saturated carbocycles. The quantitative estimate of drug-likeness (QED) is 0.811. The van der Waals surface area contributed by atoms with E-state index in [1.165, 1.54) is 25.8 Å². The molecule has 0 radical (unpaired) electrons. The smallest absolute Gasteiger partial charge is 0.0600 e. The lowest BCUT2D eigenvalue weighted by molar-refractivity contribution is -0.0273. The van der Waals surface area contributed by atoms with Gasteiger partial charge in [0, 0.05) is 31.7 Å². The average molecular weight is 282 g/mol. The fraction of sp³-hybridized carbons (Fsp3) is 1.00. The highest BCUT2D eigenvalue weighted by atomic mass is 16.5. The lowest BCUT2D eigenvalue weighted by Gasteiger charge is -2.43. The summed E-state index contributed by atoms with van der Waals surface area (Å²) in [6.07, 6.45) is 4.12. The second-order valence-corrected chi connectivity index (χ2v) is 7.76. The SMILES string of the molecule is CCC(C)C1CNC(C2CC2)CN1CCOC(C)(C)C. The minimum Gasteiger partial charge on any atom is -0.375 e. The Morgan fingerprint density at radius 2 is 2.00 bits per heavy atom. The molecule has 3 unspecified atom stereocenters. The zero-order valence-electron chi connectivity index (χ0n) is 14.1. The Bertz CT molecular complexity index is 296. The van der Waals surface area contributed by atoms with Crippen LogP contribution in [0.1, 0.15) is 53.9 Å². The zero-order valence-corrected chi connectivity index (χ0v) is 14.1. The van der Waals surface area contributed by atoms with Crippen LogP contribution in [0.3, 0.4) is 0 Å². The van der Waals surface area contributed by atoms with Crippen LogP contribution in [0.15, 0.2) is 0 Å². The van der Waals surface area contributed by atoms with Crippen LogP contribution < -0.4 is 5.32 Å². The molecule has 0 aromatic carbocycles. The second-order valence-electron chi connectivity index (χ2n) is 7.76. The van der Waals surface area contributed by atoms with E-state index in [9.17, 15) is 0 Å². The van der Waals surface area contributed by atoms with Gasteiger partial charge in [-0.3, -0.25) is 4.90 Å². The van der Waals surface area contributed by atoms with Crippen molar-refractivity contribution in [3.63, 3.8) is 0 Å². The van der Waals surface area contributed by atoms with Crippen molar-refractivity contribution in [2.45, 2.75) is 71.6 Å². The molecular weight excluding hydrogens is 248 g/mol. The molecular formula is C17H34N2O. The topological polar surface area (TPSA) is 24.5 Å². The highest BCUT2D eigenvalue weighted by molar-refractivity contribution is 4.95. The first-order chi connectivity index (χ1) is 9.40. The maximum absolute atomic E-state index is 5.94. The fourth-order valence-electron chi connectivity index (χ4n) is 3.23. The van der Waals surface area contributed by atoms with Crippen LogP contribution >= 0.6 is 0 Å². The first-order valence-corrected chi connectivity index (χ1v) is 8.52. The molecule has 118 valence electrons. The summed E-state index contributed by atoms with van der Waals surface area (Å²) in [6.45, 7) is 15.4. The van der Waals surface area contributed by atoms with E-state index in [1.807, 2.05) is 0 Å². The van der Waals surface area contributed by atoms with E-state index in [-0.39, 0.29) is 5.60 Å². The number of nitrogens with zero attached hydrogens (tertiary/aromatic N) is 1. The third kappa shape index (κ3) is 4.71. The van der Waals surface area contributed by atoms with E-state index < -0.39 is 0 Å². The minimum atomic E-state index is -0.0181. The van der Waals surface area contributed by atoms with Crippen LogP contribution in [0.4, 0.5) is 0 Å². The standard InChI is InChI=1S/C17H34N2O/c1-6-13(2)16-11-18-15(14-7-8-14)12-19(16)9-10-20-17(3,4)5/h13-16,18H,6-12H2,1-5H3. The summed E-state index contributed by atoms with van der Waals surface area (Å²) in [7, 11) is 0. The lowest BCUT2D eigenvalue weighted by atomic mass is 9.93. The Hall–Kier alpha value is -0.120. The van der Waals surface area contributed by atoms with Crippen LogP contribution in [0, 0.1) is 11.8 Å². The van der Waals surface area contributed by atoms with Gasteiger partial charge in [-0.15, -0.1) is 0 Å². The van der Waals surface area contributed by atoms with Crippen molar-refractivity contribution < 1.29 is 4.74 Å². The predicted molar refractivity (Wildman–Crippen MR) is 85.0 cm³/mol. The van der Waals surface area contributed by atoms with Gasteiger partial charge in [-0.05, 0) is 45.4 Å². The maximum Gasteiger partial charge on any atom is 0.0600 e. The van der Waals surface area contributed by atoms with Gasteiger partial charge in [0.05, 0.1) is 12.2 Å². The van der Waals surface area contributed by atoms with E-state index in [4.69, 9.17) is 4.74 Å². The summed E-state index contributed by atoms with van der Waals surface area (Å²) in [5, 5.41) is 3.80. The molecule has 3 nitrogen and oxygen atoms in total. The normalized spacial score (nSPS) is 30.4. The Balaban J connectivity index is 1.87. The molecule has 2 rings (SSSR count). The Labute approximate surface area is 125 Å². The van der Waals surface area contributed by atoms with Gasteiger partial charge in [-0.1, -0.05) is 20.3 Å². The molecule has 1 heterocycles. The third-order valence-electron chi connectivity index (χ3n) is 4.89. The average Bonchev–Trinajstić information content (AvgIpc) is 3.20. The summed E-state index contributed by atoms with van der Waals surface area (Å²) in [5.74, 6) is 1.70. The van der Waals surface area contributed by atoms with Gasteiger partial charge in [0.25, 0.3) is 0 Å². The van der Waals surface area contributed by atoms with Gasteiger partial charge in [-0.2, -0.15) is 0 Å². The molecule has 0 aromatic rings. The van der Waals surface area contributed by atoms with Crippen molar-refractivity contribution in [3.05, 3.63) is 0 Å². The number of piperazine rings is 1. The van der Waals surface area contributed by atoms with E-state index in [0.29, 0.717) is 6.04 Å². The molecule has 1 aliphatic heterocycles. The van der Waals surface area contributed by atoms with Crippen LogP contribution in [-0.4, -0.2) is 48.8 Å². The van der Waals surface area contributed by atoms with Crippen LogP contribution in [0.25, 0.3) is 0 Å². The summed E-state index contributed by atoms with van der Waals surface area (Å²) in [6, 6.07) is 1.41. The lowest BCUT2D eigenvalue weighted by Crippen LogP contribution is -2.59. The zero-order chi connectivity index (χ0) is 14.8. The monoisotopic (exact) mass is 282 g/mol. The molecule has 1 aliphatic carbocycles. The molecule has 0 bridgehead atoms. The second kappa shape index (κ2) is 6.76. The molecule has 0 spiro atoms. The van der Waals surface area contributed by atoms with E-state index in [1.54, 1.807) is 0 Å². The van der Waals surface area contributed by atoms with E-state index in [2.05, 4.69) is 44.8 Å². The van der Waals surface area contributed by atoms with Crippen LogP contribution in [0.2, 0.25) is 0 Å². The van der Waals surface area contributed by atoms with Crippen molar-refractivity contribution in [3.8, 4) is 0 Å². The molecule has 0 amide bonds. The highest BCUT2D eigenvalue weighted by Gasteiger charge is 2.38. The van der Waals surface area contributed by atoms with Crippen molar-refractivity contribution in [1.82, 2.24) is 10.2 Å². The number of ether oxygens (including phenoxy) is 1. The van der Waals surface area contributed by atoms with Gasteiger partial charge in [0.1, 0.15) is 0 Å². The van der Waals surface area contributed by atoms with Gasteiger partial charge < -0.3 is 10.1 Å². The van der Waals surface area contributed by atoms with Crippen molar-refractivity contribution in [2.75, 3.05) is 26.2 Å². The Morgan fingerprint density at radius 1 is 1.30 bits per heavy atom. The van der Waals surface area contributed by atoms with Gasteiger partial charge >= 0.3 is 0 Å². The first-order valence-electron chi connectivity index (χ1n) is 8.52. The molecule has 3 atom stereocenters. The maximum atomic E-state index is 5.94. The predicted octanol–water partition coefficient (Wildman–Crippen LogP) is 2.90. The number of hydrogen-bond acceptors (Lipinski definition) is 3. The Kier molecular flexibility index (Phi) is 5.49. The minimum absolute atomic E-state index is 0.0181. The highest BCUT2D eigenvalue weighted by Crippen LogP contribution is 2.35. The van der Waals surface area contributed by atoms with Gasteiger partial charge in [-0.25, -0.2) is 0 Å². The van der Waals surface area contributed by atoms with E-state index >= 15 is 0 Å². The summed E-state index contributed by atoms with van der Waals surface area (Å²) in [5.41, 5.74) is -0.0181.